The van der Waals surface area contributed by atoms with E-state index in [9.17, 15) is 9.59 Å². The van der Waals surface area contributed by atoms with Gasteiger partial charge in [-0.3, -0.25) is 19.4 Å². The summed E-state index contributed by atoms with van der Waals surface area (Å²) in [6.07, 6.45) is 3.80. The molecule has 0 aliphatic carbocycles. The van der Waals surface area contributed by atoms with Gasteiger partial charge in [0.2, 0.25) is 5.91 Å². The van der Waals surface area contributed by atoms with Crippen LogP contribution < -0.4 is 15.0 Å². The van der Waals surface area contributed by atoms with Crippen LogP contribution in [0.25, 0.3) is 0 Å². The molecule has 45 heavy (non-hydrogen) atoms. The molecule has 2 amide bonds. The molecule has 2 aliphatic heterocycles. The van der Waals surface area contributed by atoms with Crippen LogP contribution in [0, 0.1) is 0 Å². The Kier molecular flexibility index (Phi) is 11.9. The maximum Gasteiger partial charge on any atom is 0.256 e. The Balaban J connectivity index is 1.20. The van der Waals surface area contributed by atoms with Gasteiger partial charge >= 0.3 is 0 Å². The molecule has 0 bridgehead atoms. The first-order valence-corrected chi connectivity index (χ1v) is 17.4. The van der Waals surface area contributed by atoms with Gasteiger partial charge in [0.1, 0.15) is 11.8 Å². The van der Waals surface area contributed by atoms with E-state index < -0.39 is 6.04 Å². The second kappa shape index (κ2) is 16.2. The van der Waals surface area contributed by atoms with Crippen LogP contribution in [0.15, 0.2) is 83.8 Å². The quantitative estimate of drug-likeness (QED) is 0.176. The topological polar surface area (TPSA) is 68.4 Å². The van der Waals surface area contributed by atoms with Crippen molar-refractivity contribution in [3.05, 3.63) is 84.4 Å². The van der Waals surface area contributed by atoms with Crippen LogP contribution in [0.3, 0.4) is 0 Å². The van der Waals surface area contributed by atoms with Crippen molar-refractivity contribution >= 4 is 52.3 Å². The second-order valence-electron chi connectivity index (χ2n) is 11.4. The first-order valence-electron chi connectivity index (χ1n) is 15.7. The molecule has 2 aliphatic rings. The van der Waals surface area contributed by atoms with Gasteiger partial charge in [-0.1, -0.05) is 43.3 Å². The third kappa shape index (κ3) is 8.85. The standard InChI is InChI=1S/C35H43N5O3S2/c1-3-23-43-30-15-13-28(14-16-30)36-33(41)25-32-34(42)40(29-11-7-12-31(24-29)45-2)35(44)39(32)18-8-17-37-19-21-38(22-20-37)26-27-9-5-4-6-10-27/h4-7,9-16,24,32H,3,8,17-23,25-26H2,1-2H3,(H,36,41)/t32-/m1/s1. The fourth-order valence-corrected chi connectivity index (χ4v) is 6.66. The number of carbonyl (C=O) groups is 2. The van der Waals surface area contributed by atoms with Gasteiger partial charge in [0.05, 0.1) is 18.7 Å². The van der Waals surface area contributed by atoms with Crippen molar-refractivity contribution in [2.45, 2.75) is 43.7 Å². The molecule has 2 heterocycles. The lowest BCUT2D eigenvalue weighted by atomic mass is 10.1. The van der Waals surface area contributed by atoms with E-state index in [2.05, 4.69) is 52.4 Å². The molecule has 1 N–H and O–H groups in total. The number of ether oxygens (including phenoxy) is 1. The molecule has 0 unspecified atom stereocenters. The van der Waals surface area contributed by atoms with Crippen LogP contribution >= 0.6 is 24.0 Å². The third-order valence-electron chi connectivity index (χ3n) is 8.21. The average Bonchev–Trinajstić information content (AvgIpc) is 3.29. The number of rotatable bonds is 14. The molecule has 10 heteroatoms. The number of nitrogens with one attached hydrogen (secondary N) is 1. The molecule has 5 rings (SSSR count). The number of nitrogens with zero attached hydrogens (tertiary/aromatic N) is 4. The number of hydrogen-bond donors (Lipinski definition) is 1. The molecule has 0 radical (unpaired) electrons. The van der Waals surface area contributed by atoms with Crippen molar-refractivity contribution in [1.29, 1.82) is 0 Å². The molecule has 0 saturated carbocycles. The Morgan fingerprint density at radius 2 is 1.69 bits per heavy atom. The molecular weight excluding hydrogens is 603 g/mol. The predicted octanol–water partition coefficient (Wildman–Crippen LogP) is 5.74. The van der Waals surface area contributed by atoms with Crippen LogP contribution in [0.4, 0.5) is 11.4 Å². The van der Waals surface area contributed by atoms with Crippen molar-refractivity contribution in [1.82, 2.24) is 14.7 Å². The maximum absolute atomic E-state index is 13.9. The minimum atomic E-state index is -0.662. The number of anilines is 2. The summed E-state index contributed by atoms with van der Waals surface area (Å²) in [5, 5.41) is 3.42. The smallest absolute Gasteiger partial charge is 0.256 e. The Hall–Kier alpha value is -3.44. The van der Waals surface area contributed by atoms with E-state index in [1.54, 1.807) is 16.7 Å². The van der Waals surface area contributed by atoms with E-state index in [-0.39, 0.29) is 18.2 Å². The predicted molar refractivity (Wildman–Crippen MR) is 187 cm³/mol. The lowest BCUT2D eigenvalue weighted by Gasteiger charge is -2.35. The van der Waals surface area contributed by atoms with Gasteiger partial charge in [0.25, 0.3) is 5.91 Å². The van der Waals surface area contributed by atoms with Crippen molar-refractivity contribution in [3.63, 3.8) is 0 Å². The molecular formula is C35H43N5O3S2. The second-order valence-corrected chi connectivity index (χ2v) is 12.7. The Morgan fingerprint density at radius 1 is 0.956 bits per heavy atom. The van der Waals surface area contributed by atoms with Crippen LogP contribution in [-0.4, -0.2) is 89.8 Å². The fourth-order valence-electron chi connectivity index (χ4n) is 5.79. The van der Waals surface area contributed by atoms with Crippen molar-refractivity contribution in [3.8, 4) is 5.75 Å². The zero-order chi connectivity index (χ0) is 31.6. The summed E-state index contributed by atoms with van der Waals surface area (Å²) in [6, 6.07) is 25.1. The summed E-state index contributed by atoms with van der Waals surface area (Å²) < 4.78 is 5.65. The minimum absolute atomic E-state index is 0.0178. The summed E-state index contributed by atoms with van der Waals surface area (Å²) in [4.78, 5) is 36.7. The Labute approximate surface area is 276 Å². The molecule has 8 nitrogen and oxygen atoms in total. The average molecular weight is 646 g/mol. The summed E-state index contributed by atoms with van der Waals surface area (Å²) in [6.45, 7) is 9.29. The van der Waals surface area contributed by atoms with Crippen molar-refractivity contribution in [2.24, 2.45) is 0 Å². The molecule has 0 aromatic heterocycles. The van der Waals surface area contributed by atoms with Gasteiger partial charge < -0.3 is 19.9 Å². The number of carbonyl (C=O) groups excluding carboxylic acids is 2. The SMILES string of the molecule is CCCOc1ccc(NC(=O)C[C@@H]2C(=O)N(c3cccc(SC)c3)C(=S)N2CCCN2CCN(Cc3ccccc3)CC2)cc1. The van der Waals surface area contributed by atoms with E-state index >= 15 is 0 Å². The lowest BCUT2D eigenvalue weighted by molar-refractivity contribution is -0.124. The first-order chi connectivity index (χ1) is 21.9. The lowest BCUT2D eigenvalue weighted by Crippen LogP contribution is -2.47. The van der Waals surface area contributed by atoms with E-state index in [1.165, 1.54) is 5.56 Å². The number of thioether (sulfide) groups is 1. The van der Waals surface area contributed by atoms with Gasteiger partial charge in [0.15, 0.2) is 5.11 Å². The highest BCUT2D eigenvalue weighted by Crippen LogP contribution is 2.30. The number of thiocarbonyl (C=S) groups is 1. The summed E-state index contributed by atoms with van der Waals surface area (Å²) in [5.74, 6) is 0.377. The number of hydrogen-bond acceptors (Lipinski definition) is 7. The van der Waals surface area contributed by atoms with Gasteiger partial charge in [-0.05, 0) is 85.9 Å². The highest BCUT2D eigenvalue weighted by atomic mass is 32.2. The Bertz CT molecular complexity index is 1430. The van der Waals surface area contributed by atoms with E-state index in [0.717, 1.165) is 68.4 Å². The maximum atomic E-state index is 13.9. The summed E-state index contributed by atoms with van der Waals surface area (Å²) >= 11 is 7.53. The van der Waals surface area contributed by atoms with Crippen LogP contribution in [0.5, 0.6) is 5.75 Å². The molecule has 1 atom stereocenters. The fraction of sp³-hybridized carbons (Fsp3) is 0.400. The molecule has 2 fully saturated rings. The number of amides is 2. The van der Waals surface area contributed by atoms with Gasteiger partial charge in [-0.25, -0.2) is 0 Å². The highest BCUT2D eigenvalue weighted by Gasteiger charge is 2.44. The van der Waals surface area contributed by atoms with E-state index in [0.29, 0.717) is 24.0 Å². The van der Waals surface area contributed by atoms with Gasteiger partial charge in [-0.15, -0.1) is 11.8 Å². The summed E-state index contributed by atoms with van der Waals surface area (Å²) in [5.41, 5.74) is 2.75. The minimum Gasteiger partial charge on any atom is -0.494 e. The monoisotopic (exact) mass is 645 g/mol. The normalized spacial score (nSPS) is 17.6. The molecule has 3 aromatic carbocycles. The van der Waals surface area contributed by atoms with E-state index in [4.69, 9.17) is 17.0 Å². The largest absolute Gasteiger partial charge is 0.494 e. The van der Waals surface area contributed by atoms with Crippen LogP contribution in [0.1, 0.15) is 31.7 Å². The molecule has 2 saturated heterocycles. The van der Waals surface area contributed by atoms with Crippen molar-refractivity contribution in [2.75, 3.05) is 62.3 Å². The molecule has 238 valence electrons. The number of benzene rings is 3. The van der Waals surface area contributed by atoms with Crippen LogP contribution in [-0.2, 0) is 16.1 Å². The zero-order valence-electron chi connectivity index (χ0n) is 26.2. The first kappa shape index (κ1) is 32.9. The van der Waals surface area contributed by atoms with Crippen LogP contribution in [0.2, 0.25) is 0 Å². The van der Waals surface area contributed by atoms with Gasteiger partial charge in [-0.2, -0.15) is 0 Å². The van der Waals surface area contributed by atoms with E-state index in [1.807, 2.05) is 59.7 Å². The van der Waals surface area contributed by atoms with Gasteiger partial charge in [0, 0.05) is 49.9 Å². The summed E-state index contributed by atoms with van der Waals surface area (Å²) in [7, 11) is 0. The molecule has 0 spiro atoms. The molecule has 3 aromatic rings. The zero-order valence-corrected chi connectivity index (χ0v) is 27.8. The van der Waals surface area contributed by atoms with Crippen molar-refractivity contribution < 1.29 is 14.3 Å². The third-order valence-corrected chi connectivity index (χ3v) is 9.35. The highest BCUT2D eigenvalue weighted by molar-refractivity contribution is 7.98. The Morgan fingerprint density at radius 3 is 2.40 bits per heavy atom. The number of piperazine rings is 1.